The summed E-state index contributed by atoms with van der Waals surface area (Å²) in [6.45, 7) is 4.44. The topological polar surface area (TPSA) is 68.3 Å². The Morgan fingerprint density at radius 2 is 1.86 bits per heavy atom. The number of ketones is 1. The van der Waals surface area contributed by atoms with Gasteiger partial charge in [0.05, 0.1) is 7.11 Å². The molecule has 0 aliphatic heterocycles. The van der Waals surface area contributed by atoms with E-state index in [1.54, 1.807) is 0 Å². The monoisotopic (exact) mass is 312 g/mol. The molecule has 0 bridgehead atoms. The van der Waals surface area contributed by atoms with Crippen molar-refractivity contribution in [3.63, 3.8) is 0 Å². The highest BCUT2D eigenvalue weighted by Gasteiger charge is 2.21. The summed E-state index contributed by atoms with van der Waals surface area (Å²) in [5, 5.41) is 3.78. The molecule has 1 N–H and O–H groups in total. The van der Waals surface area contributed by atoms with E-state index in [0.29, 0.717) is 10.0 Å². The lowest BCUT2D eigenvalue weighted by atomic mass is 10.1. The first-order valence-corrected chi connectivity index (χ1v) is 8.25. The van der Waals surface area contributed by atoms with Gasteiger partial charge in [-0.3, -0.25) is 4.79 Å². The number of rotatable bonds is 10. The van der Waals surface area contributed by atoms with E-state index in [9.17, 15) is 9.59 Å². The molecule has 0 radical (unpaired) electrons. The van der Waals surface area contributed by atoms with Crippen molar-refractivity contribution in [1.29, 1.82) is 0 Å². The van der Waals surface area contributed by atoms with Crippen molar-refractivity contribution in [2.24, 2.45) is 0 Å². The first-order chi connectivity index (χ1) is 10.1. The first kappa shape index (κ1) is 17.6. The van der Waals surface area contributed by atoms with Crippen molar-refractivity contribution in [3.8, 4) is 0 Å². The van der Waals surface area contributed by atoms with E-state index in [-0.39, 0.29) is 11.5 Å². The van der Waals surface area contributed by atoms with Crippen molar-refractivity contribution in [3.05, 3.63) is 10.6 Å². The molecule has 0 unspecified atom stereocenters. The molecule has 0 aliphatic rings. The highest BCUT2D eigenvalue weighted by atomic mass is 32.1. The molecule has 118 valence electrons. The number of methoxy groups -OCH3 is 1. The van der Waals surface area contributed by atoms with Crippen LogP contribution in [-0.4, -0.2) is 30.4 Å². The molecule has 0 atom stereocenters. The minimum Gasteiger partial charge on any atom is -0.464 e. The van der Waals surface area contributed by atoms with Crippen molar-refractivity contribution < 1.29 is 14.3 Å². The summed E-state index contributed by atoms with van der Waals surface area (Å²) in [6, 6.07) is 0. The Hall–Kier alpha value is -1.43. The molecule has 0 aromatic carbocycles. The number of Topliss-reactive ketones (excluding diaryl/α,β-unsaturated/α-hetero) is 1. The summed E-state index contributed by atoms with van der Waals surface area (Å²) in [4.78, 5) is 27.6. The number of carbonyl (C=O) groups excluding carboxylic acids is 2. The zero-order valence-electron chi connectivity index (χ0n) is 13.0. The first-order valence-electron chi connectivity index (χ1n) is 7.44. The molecule has 0 saturated heterocycles. The summed E-state index contributed by atoms with van der Waals surface area (Å²) >= 11 is 1.21. The van der Waals surface area contributed by atoms with Crippen LogP contribution in [0.5, 0.6) is 0 Å². The molecule has 21 heavy (non-hydrogen) atoms. The zero-order chi connectivity index (χ0) is 15.7. The fraction of sp³-hybridized carbons (Fsp3) is 0.667. The Bertz CT molecular complexity index is 471. The minimum atomic E-state index is -0.566. The van der Waals surface area contributed by atoms with Crippen molar-refractivity contribution >= 4 is 28.2 Å². The largest absolute Gasteiger partial charge is 0.464 e. The van der Waals surface area contributed by atoms with Gasteiger partial charge >= 0.3 is 5.97 Å². The fourth-order valence-electron chi connectivity index (χ4n) is 1.97. The predicted molar refractivity (Wildman–Crippen MR) is 85.3 cm³/mol. The normalized spacial score (nSPS) is 10.4. The number of anilines is 1. The van der Waals surface area contributed by atoms with Crippen LogP contribution in [0.25, 0.3) is 0 Å². The number of hydrogen-bond acceptors (Lipinski definition) is 6. The third-order valence-corrected chi connectivity index (χ3v) is 4.25. The summed E-state index contributed by atoms with van der Waals surface area (Å²) < 4.78 is 4.65. The van der Waals surface area contributed by atoms with E-state index in [4.69, 9.17) is 0 Å². The molecule has 0 aliphatic carbocycles. The predicted octanol–water partition coefficient (Wildman–Crippen LogP) is 3.90. The maximum atomic E-state index is 11.6. The molecule has 1 rings (SSSR count). The summed E-state index contributed by atoms with van der Waals surface area (Å²) in [6.07, 6.45) is 7.33. The van der Waals surface area contributed by atoms with Crippen LogP contribution >= 0.6 is 11.3 Å². The van der Waals surface area contributed by atoms with Gasteiger partial charge in [0, 0.05) is 13.5 Å². The van der Waals surface area contributed by atoms with Crippen LogP contribution in [0.15, 0.2) is 0 Å². The number of hydrogen-bond donors (Lipinski definition) is 1. The van der Waals surface area contributed by atoms with Crippen LogP contribution in [0.2, 0.25) is 0 Å². The number of nitrogens with zero attached hydrogens (tertiary/aromatic N) is 1. The lowest BCUT2D eigenvalue weighted by Gasteiger charge is -2.02. The molecule has 0 saturated carbocycles. The van der Waals surface area contributed by atoms with E-state index in [1.165, 1.54) is 57.5 Å². The van der Waals surface area contributed by atoms with Crippen LogP contribution in [0.1, 0.15) is 72.5 Å². The second kappa shape index (κ2) is 9.50. The summed E-state index contributed by atoms with van der Waals surface area (Å²) in [5.74, 6) is -0.732. The van der Waals surface area contributed by atoms with Gasteiger partial charge in [0.2, 0.25) is 0 Å². The van der Waals surface area contributed by atoms with Crippen molar-refractivity contribution in [2.45, 2.75) is 52.4 Å². The SMILES string of the molecule is CCCCCCCCNc1nc(C(=O)OC)c(C(C)=O)s1. The van der Waals surface area contributed by atoms with Crippen LogP contribution in [0.4, 0.5) is 5.13 Å². The number of unbranched alkanes of at least 4 members (excludes halogenated alkanes) is 5. The van der Waals surface area contributed by atoms with E-state index >= 15 is 0 Å². The van der Waals surface area contributed by atoms with Gasteiger partial charge in [-0.2, -0.15) is 0 Å². The molecular formula is C15H24N2O3S. The zero-order valence-corrected chi connectivity index (χ0v) is 13.8. The number of thiazole rings is 1. The second-order valence-corrected chi connectivity index (χ2v) is 5.94. The van der Waals surface area contributed by atoms with Gasteiger partial charge in [-0.25, -0.2) is 9.78 Å². The van der Waals surface area contributed by atoms with Crippen LogP contribution < -0.4 is 5.32 Å². The van der Waals surface area contributed by atoms with Crippen LogP contribution in [0, 0.1) is 0 Å². The quantitative estimate of drug-likeness (QED) is 0.403. The average Bonchev–Trinajstić information content (AvgIpc) is 2.90. The second-order valence-electron chi connectivity index (χ2n) is 4.94. The molecular weight excluding hydrogens is 288 g/mol. The van der Waals surface area contributed by atoms with Crippen molar-refractivity contribution in [2.75, 3.05) is 19.0 Å². The van der Waals surface area contributed by atoms with Gasteiger partial charge in [-0.1, -0.05) is 50.4 Å². The molecule has 0 fully saturated rings. The number of aromatic nitrogens is 1. The Balaban J connectivity index is 2.45. The number of esters is 1. The van der Waals surface area contributed by atoms with Gasteiger partial charge in [0.15, 0.2) is 16.6 Å². The number of carbonyl (C=O) groups is 2. The number of ether oxygens (including phenoxy) is 1. The van der Waals surface area contributed by atoms with Gasteiger partial charge in [-0.15, -0.1) is 0 Å². The maximum Gasteiger partial charge on any atom is 0.358 e. The highest BCUT2D eigenvalue weighted by Crippen LogP contribution is 2.24. The maximum absolute atomic E-state index is 11.6. The Morgan fingerprint density at radius 1 is 1.19 bits per heavy atom. The molecule has 0 spiro atoms. The average molecular weight is 312 g/mol. The van der Waals surface area contributed by atoms with Crippen LogP contribution in [0.3, 0.4) is 0 Å². The van der Waals surface area contributed by atoms with E-state index in [0.717, 1.165) is 13.0 Å². The standard InChI is InChI=1S/C15H24N2O3S/c1-4-5-6-7-8-9-10-16-15-17-12(14(19)20-3)13(21-15)11(2)18/h4-10H2,1-3H3,(H,16,17). The van der Waals surface area contributed by atoms with Gasteiger partial charge < -0.3 is 10.1 Å². The van der Waals surface area contributed by atoms with Crippen LogP contribution in [-0.2, 0) is 4.74 Å². The Morgan fingerprint density at radius 3 is 2.48 bits per heavy atom. The summed E-state index contributed by atoms with van der Waals surface area (Å²) in [7, 11) is 1.29. The smallest absolute Gasteiger partial charge is 0.358 e. The number of nitrogens with one attached hydrogen (secondary N) is 1. The van der Waals surface area contributed by atoms with Crippen molar-refractivity contribution in [1.82, 2.24) is 4.98 Å². The van der Waals surface area contributed by atoms with E-state index < -0.39 is 5.97 Å². The summed E-state index contributed by atoms with van der Waals surface area (Å²) in [5.41, 5.74) is 0.112. The third kappa shape index (κ3) is 5.83. The molecule has 0 amide bonds. The molecule has 1 heterocycles. The lowest BCUT2D eigenvalue weighted by Crippen LogP contribution is -2.07. The lowest BCUT2D eigenvalue weighted by molar-refractivity contribution is 0.0591. The fourth-order valence-corrected chi connectivity index (χ4v) is 2.84. The minimum absolute atomic E-state index is 0.112. The molecule has 6 heteroatoms. The molecule has 5 nitrogen and oxygen atoms in total. The van der Waals surface area contributed by atoms with E-state index in [2.05, 4.69) is 22.0 Å². The Labute approximate surface area is 130 Å². The van der Waals surface area contributed by atoms with E-state index in [1.807, 2.05) is 0 Å². The Kier molecular flexibility index (Phi) is 7.97. The van der Waals surface area contributed by atoms with Gasteiger partial charge in [0.25, 0.3) is 0 Å². The molecule has 1 aromatic rings. The molecule has 1 aromatic heterocycles. The third-order valence-electron chi connectivity index (χ3n) is 3.13. The van der Waals surface area contributed by atoms with Gasteiger partial charge in [-0.05, 0) is 6.42 Å². The highest BCUT2D eigenvalue weighted by molar-refractivity contribution is 7.17. The van der Waals surface area contributed by atoms with Gasteiger partial charge in [0.1, 0.15) is 4.88 Å².